The molecule has 0 N–H and O–H groups in total. The van der Waals surface area contributed by atoms with Gasteiger partial charge in [0.15, 0.2) is 0 Å². The Balaban J connectivity index is 1.69. The molecule has 1 aliphatic rings. The molecule has 1 fully saturated rings. The first-order chi connectivity index (χ1) is 13.2. The van der Waals surface area contributed by atoms with Gasteiger partial charge in [-0.2, -0.15) is 0 Å². The molecule has 0 saturated carbocycles. The summed E-state index contributed by atoms with van der Waals surface area (Å²) in [7, 11) is -1.65. The number of hydrogen-bond acceptors (Lipinski definition) is 1. The third-order valence-electron chi connectivity index (χ3n) is 5.74. The molecule has 0 radical (unpaired) electrons. The molecule has 0 bridgehead atoms. The van der Waals surface area contributed by atoms with Gasteiger partial charge in [-0.25, -0.2) is 0 Å². The van der Waals surface area contributed by atoms with Crippen LogP contribution in [0.3, 0.4) is 0 Å². The van der Waals surface area contributed by atoms with Gasteiger partial charge in [-0.15, -0.1) is 0 Å². The van der Waals surface area contributed by atoms with Gasteiger partial charge in [0.05, 0.1) is 0 Å². The van der Waals surface area contributed by atoms with Crippen LogP contribution in [-0.4, -0.2) is 29.6 Å². The van der Waals surface area contributed by atoms with Gasteiger partial charge in [0.1, 0.15) is 0 Å². The second-order valence-electron chi connectivity index (χ2n) is 7.75. The fourth-order valence-corrected chi connectivity index (χ4v) is 12.1. The third-order valence-corrected chi connectivity index (χ3v) is 13.4. The van der Waals surface area contributed by atoms with Crippen molar-refractivity contribution in [2.24, 2.45) is 0 Å². The first-order valence-electron chi connectivity index (χ1n) is 9.60. The van der Waals surface area contributed by atoms with E-state index in [2.05, 4.69) is 104 Å². The SMILES string of the molecule is C[Si](C)(c1ccccc1)[C@H]1CO[C@@H](c2ccccc2)[C@@H]1[Se]c1ccccc1. The van der Waals surface area contributed by atoms with E-state index >= 15 is 0 Å². The van der Waals surface area contributed by atoms with Crippen molar-refractivity contribution in [1.29, 1.82) is 0 Å². The molecule has 3 aromatic rings. The van der Waals surface area contributed by atoms with Gasteiger partial charge in [0.25, 0.3) is 0 Å². The van der Waals surface area contributed by atoms with Crippen LogP contribution >= 0.6 is 0 Å². The van der Waals surface area contributed by atoms with E-state index in [1.54, 1.807) is 5.19 Å². The Hall–Kier alpha value is -1.64. The van der Waals surface area contributed by atoms with Crippen LogP contribution in [0.5, 0.6) is 0 Å². The van der Waals surface area contributed by atoms with Crippen LogP contribution in [0, 0.1) is 0 Å². The van der Waals surface area contributed by atoms with Gasteiger partial charge >= 0.3 is 170 Å². The molecule has 4 rings (SSSR count). The number of ether oxygens (including phenoxy) is 1. The molecular formula is C24H26OSeSi. The Morgan fingerprint density at radius 2 is 1.33 bits per heavy atom. The van der Waals surface area contributed by atoms with Crippen LogP contribution in [0.25, 0.3) is 0 Å². The second kappa shape index (κ2) is 8.16. The number of rotatable bonds is 5. The molecule has 0 aromatic heterocycles. The molecule has 138 valence electrons. The molecule has 0 spiro atoms. The van der Waals surface area contributed by atoms with Crippen molar-refractivity contribution < 1.29 is 4.74 Å². The zero-order chi connectivity index (χ0) is 18.7. The predicted molar refractivity (Wildman–Crippen MR) is 118 cm³/mol. The summed E-state index contributed by atoms with van der Waals surface area (Å²) in [6.07, 6.45) is 0.215. The first-order valence-corrected chi connectivity index (χ1v) is 14.5. The summed E-state index contributed by atoms with van der Waals surface area (Å²) >= 11 is 0.391. The van der Waals surface area contributed by atoms with Crippen molar-refractivity contribution in [2.45, 2.75) is 29.6 Å². The van der Waals surface area contributed by atoms with Crippen molar-refractivity contribution >= 4 is 32.7 Å². The zero-order valence-electron chi connectivity index (χ0n) is 15.9. The monoisotopic (exact) mass is 438 g/mol. The Morgan fingerprint density at radius 1 is 0.778 bits per heavy atom. The van der Waals surface area contributed by atoms with Gasteiger partial charge in [-0.05, 0) is 0 Å². The van der Waals surface area contributed by atoms with E-state index in [4.69, 9.17) is 4.74 Å². The van der Waals surface area contributed by atoms with E-state index in [9.17, 15) is 0 Å². The van der Waals surface area contributed by atoms with E-state index in [1.807, 2.05) is 0 Å². The van der Waals surface area contributed by atoms with E-state index < -0.39 is 8.07 Å². The van der Waals surface area contributed by atoms with E-state index in [0.717, 1.165) is 6.61 Å². The molecule has 1 aliphatic heterocycles. The topological polar surface area (TPSA) is 9.23 Å². The summed E-state index contributed by atoms with van der Waals surface area (Å²) in [5, 5.41) is 1.54. The minimum atomic E-state index is -1.65. The molecule has 1 saturated heterocycles. The van der Waals surface area contributed by atoms with E-state index in [1.165, 1.54) is 10.0 Å². The van der Waals surface area contributed by atoms with Crippen LogP contribution < -0.4 is 9.65 Å². The minimum absolute atomic E-state index is 0.215. The molecule has 1 nitrogen and oxygen atoms in total. The van der Waals surface area contributed by atoms with Gasteiger partial charge in [0.2, 0.25) is 0 Å². The fourth-order valence-electron chi connectivity index (χ4n) is 4.04. The Kier molecular flexibility index (Phi) is 5.65. The second-order valence-corrected chi connectivity index (χ2v) is 15.1. The number of hydrogen-bond donors (Lipinski definition) is 0. The molecule has 1 heterocycles. The zero-order valence-corrected chi connectivity index (χ0v) is 18.6. The van der Waals surface area contributed by atoms with Crippen molar-refractivity contribution in [3.63, 3.8) is 0 Å². The quantitative estimate of drug-likeness (QED) is 0.532. The maximum absolute atomic E-state index is 6.49. The summed E-state index contributed by atoms with van der Waals surface area (Å²) < 4.78 is 7.97. The van der Waals surface area contributed by atoms with E-state index in [-0.39, 0.29) is 6.10 Å². The maximum atomic E-state index is 6.49. The Morgan fingerprint density at radius 3 is 1.96 bits per heavy atom. The van der Waals surface area contributed by atoms with Gasteiger partial charge in [-0.3, -0.25) is 0 Å². The molecular weight excluding hydrogens is 411 g/mol. The van der Waals surface area contributed by atoms with Crippen molar-refractivity contribution in [3.05, 3.63) is 96.6 Å². The molecule has 27 heavy (non-hydrogen) atoms. The molecule has 0 amide bonds. The standard InChI is InChI=1S/C24H26OSeSi/c1-27(2,21-16-10-5-11-17-21)22-18-25-23(19-12-6-3-7-13-19)24(22)26-20-14-8-4-9-15-20/h3-17,22-24H,18H2,1-2H3/t22-,23-,24+/m0/s1. The average Bonchev–Trinajstić information content (AvgIpc) is 3.14. The van der Waals surface area contributed by atoms with Crippen LogP contribution in [0.4, 0.5) is 0 Å². The molecule has 3 atom stereocenters. The van der Waals surface area contributed by atoms with Crippen molar-refractivity contribution in [1.82, 2.24) is 0 Å². The van der Waals surface area contributed by atoms with Crippen molar-refractivity contribution in [3.8, 4) is 0 Å². The number of benzene rings is 3. The molecule has 0 unspecified atom stereocenters. The molecule has 3 heteroatoms. The summed E-state index contributed by atoms with van der Waals surface area (Å²) in [4.78, 5) is 0.573. The molecule has 0 aliphatic carbocycles. The van der Waals surface area contributed by atoms with Crippen LogP contribution in [0.2, 0.25) is 23.5 Å². The Bertz CT molecular complexity index is 851. The summed E-state index contributed by atoms with van der Waals surface area (Å²) in [5.74, 6) is 0. The molecule has 3 aromatic carbocycles. The summed E-state index contributed by atoms with van der Waals surface area (Å²) in [6, 6.07) is 33.0. The van der Waals surface area contributed by atoms with Gasteiger partial charge in [0, 0.05) is 0 Å². The van der Waals surface area contributed by atoms with Crippen LogP contribution in [0.15, 0.2) is 91.0 Å². The van der Waals surface area contributed by atoms with Crippen molar-refractivity contribution in [2.75, 3.05) is 6.61 Å². The van der Waals surface area contributed by atoms with Gasteiger partial charge < -0.3 is 0 Å². The third kappa shape index (κ3) is 3.97. The van der Waals surface area contributed by atoms with Gasteiger partial charge in [-0.1, -0.05) is 0 Å². The fraction of sp³-hybridized carbons (Fsp3) is 0.250. The summed E-state index contributed by atoms with van der Waals surface area (Å²) in [5.41, 5.74) is 1.96. The van der Waals surface area contributed by atoms with E-state index in [0.29, 0.717) is 25.3 Å². The van der Waals surface area contributed by atoms with Crippen LogP contribution in [0.1, 0.15) is 11.7 Å². The van der Waals surface area contributed by atoms with Crippen LogP contribution in [-0.2, 0) is 4.74 Å². The first kappa shape index (κ1) is 18.7. The Labute approximate surface area is 170 Å². The normalized spacial score (nSPS) is 22.7. The summed E-state index contributed by atoms with van der Waals surface area (Å²) in [6.45, 7) is 5.93. The predicted octanol–water partition coefficient (Wildman–Crippen LogP) is 4.56. The average molecular weight is 438 g/mol.